The maximum absolute atomic E-state index is 6.02. The van der Waals surface area contributed by atoms with Gasteiger partial charge in [-0.1, -0.05) is 38.8 Å². The molecule has 0 aliphatic heterocycles. The maximum Gasteiger partial charge on any atom is 0.258 e. The van der Waals surface area contributed by atoms with Gasteiger partial charge in [0, 0.05) is 15.1 Å². The second-order valence-electron chi connectivity index (χ2n) is 4.28. The average Bonchev–Trinajstić information content (AvgIpc) is 2.97. The van der Waals surface area contributed by atoms with Crippen molar-refractivity contribution in [2.24, 2.45) is 0 Å². The molecule has 1 heterocycles. The Bertz CT molecular complexity index is 789. The van der Waals surface area contributed by atoms with Crippen molar-refractivity contribution in [1.82, 2.24) is 10.1 Å². The summed E-state index contributed by atoms with van der Waals surface area (Å²) in [6.07, 6.45) is 0. The van der Waals surface area contributed by atoms with Crippen molar-refractivity contribution in [3.05, 3.63) is 52.0 Å². The number of aromatic nitrogens is 2. The summed E-state index contributed by atoms with van der Waals surface area (Å²) in [5.74, 6) is 1.51. The Kier molecular flexibility index (Phi) is 3.94. The van der Waals surface area contributed by atoms with E-state index in [0.29, 0.717) is 28.1 Å². The Morgan fingerprint density at radius 3 is 2.81 bits per heavy atom. The molecule has 2 aromatic carbocycles. The molecule has 3 rings (SSSR count). The quantitative estimate of drug-likeness (QED) is 0.667. The lowest BCUT2D eigenvalue weighted by atomic mass is 10.2. The van der Waals surface area contributed by atoms with Crippen molar-refractivity contribution in [2.75, 3.05) is 7.11 Å². The Morgan fingerprint density at radius 2 is 2.05 bits per heavy atom. The second-order valence-corrected chi connectivity index (χ2v) is 5.63. The van der Waals surface area contributed by atoms with E-state index >= 15 is 0 Å². The van der Waals surface area contributed by atoms with Gasteiger partial charge in [-0.2, -0.15) is 4.98 Å². The van der Waals surface area contributed by atoms with Gasteiger partial charge in [0.15, 0.2) is 0 Å². The predicted molar refractivity (Wildman–Crippen MR) is 84.4 cm³/mol. The van der Waals surface area contributed by atoms with Crippen molar-refractivity contribution in [1.29, 1.82) is 0 Å². The standard InChI is InChI=1S/C15H10BrClN2O2/c1-20-13-6-5-11(17)8-12(13)14-18-15(21-19-14)9-3-2-4-10(16)7-9/h2-8H,1H3. The molecule has 0 aliphatic rings. The van der Waals surface area contributed by atoms with Crippen LogP contribution in [0.1, 0.15) is 0 Å². The summed E-state index contributed by atoms with van der Waals surface area (Å²) >= 11 is 9.44. The van der Waals surface area contributed by atoms with E-state index in [0.717, 1.165) is 10.0 Å². The van der Waals surface area contributed by atoms with Crippen LogP contribution < -0.4 is 4.74 Å². The van der Waals surface area contributed by atoms with Gasteiger partial charge in [0.05, 0.1) is 12.7 Å². The van der Waals surface area contributed by atoms with Gasteiger partial charge in [0.2, 0.25) is 5.82 Å². The highest BCUT2D eigenvalue weighted by molar-refractivity contribution is 9.10. The third kappa shape index (κ3) is 2.94. The Morgan fingerprint density at radius 1 is 1.19 bits per heavy atom. The minimum atomic E-state index is 0.435. The Balaban J connectivity index is 2.04. The van der Waals surface area contributed by atoms with Crippen LogP contribution in [0.5, 0.6) is 5.75 Å². The molecule has 106 valence electrons. The first-order valence-corrected chi connectivity index (χ1v) is 7.28. The van der Waals surface area contributed by atoms with Crippen LogP contribution >= 0.6 is 27.5 Å². The molecule has 6 heteroatoms. The topological polar surface area (TPSA) is 48.2 Å². The molecule has 0 saturated carbocycles. The number of ether oxygens (including phenoxy) is 1. The number of benzene rings is 2. The van der Waals surface area contributed by atoms with Gasteiger partial charge in [-0.05, 0) is 36.4 Å². The normalized spacial score (nSPS) is 10.6. The molecule has 0 amide bonds. The fourth-order valence-electron chi connectivity index (χ4n) is 1.93. The maximum atomic E-state index is 6.02. The fraction of sp³-hybridized carbons (Fsp3) is 0.0667. The molecule has 0 aliphatic carbocycles. The number of rotatable bonds is 3. The molecule has 0 fully saturated rings. The Labute approximate surface area is 134 Å². The van der Waals surface area contributed by atoms with Gasteiger partial charge in [-0.3, -0.25) is 0 Å². The minimum Gasteiger partial charge on any atom is -0.496 e. The molecule has 0 saturated heterocycles. The highest BCUT2D eigenvalue weighted by Gasteiger charge is 2.15. The van der Waals surface area contributed by atoms with Crippen LogP contribution in [0.3, 0.4) is 0 Å². The molecular formula is C15H10BrClN2O2. The van der Waals surface area contributed by atoms with Gasteiger partial charge in [0.25, 0.3) is 5.89 Å². The van der Waals surface area contributed by atoms with E-state index in [-0.39, 0.29) is 0 Å². The summed E-state index contributed by atoms with van der Waals surface area (Å²) in [7, 11) is 1.59. The summed E-state index contributed by atoms with van der Waals surface area (Å²) < 4.78 is 11.6. The average molecular weight is 366 g/mol. The first-order chi connectivity index (χ1) is 10.2. The third-order valence-corrected chi connectivity index (χ3v) is 3.63. The second kappa shape index (κ2) is 5.87. The molecule has 0 spiro atoms. The van der Waals surface area contributed by atoms with Crippen molar-refractivity contribution >= 4 is 27.5 Å². The van der Waals surface area contributed by atoms with Crippen LogP contribution in [0, 0.1) is 0 Å². The fourth-order valence-corrected chi connectivity index (χ4v) is 2.50. The largest absolute Gasteiger partial charge is 0.496 e. The zero-order chi connectivity index (χ0) is 14.8. The van der Waals surface area contributed by atoms with Crippen molar-refractivity contribution < 1.29 is 9.26 Å². The molecule has 0 radical (unpaired) electrons. The van der Waals surface area contributed by atoms with E-state index < -0.39 is 0 Å². The number of nitrogens with zero attached hydrogens (tertiary/aromatic N) is 2. The molecule has 3 aromatic rings. The minimum absolute atomic E-state index is 0.435. The smallest absolute Gasteiger partial charge is 0.258 e. The molecule has 21 heavy (non-hydrogen) atoms. The lowest BCUT2D eigenvalue weighted by Crippen LogP contribution is -1.89. The van der Waals surface area contributed by atoms with Crippen LogP contribution in [0.4, 0.5) is 0 Å². The molecule has 1 aromatic heterocycles. The van der Waals surface area contributed by atoms with E-state index in [1.165, 1.54) is 0 Å². The van der Waals surface area contributed by atoms with Crippen LogP contribution in [0.15, 0.2) is 51.5 Å². The van der Waals surface area contributed by atoms with Crippen LogP contribution in [0.2, 0.25) is 5.02 Å². The zero-order valence-corrected chi connectivity index (χ0v) is 13.4. The summed E-state index contributed by atoms with van der Waals surface area (Å²) in [6.45, 7) is 0. The Hall–Kier alpha value is -1.85. The lowest BCUT2D eigenvalue weighted by Gasteiger charge is -2.04. The number of hydrogen-bond donors (Lipinski definition) is 0. The van der Waals surface area contributed by atoms with Crippen molar-refractivity contribution in [3.8, 4) is 28.6 Å². The third-order valence-electron chi connectivity index (χ3n) is 2.90. The summed E-state index contributed by atoms with van der Waals surface area (Å²) in [5.41, 5.74) is 1.53. The molecule has 4 nitrogen and oxygen atoms in total. The van der Waals surface area contributed by atoms with E-state index in [1.54, 1.807) is 25.3 Å². The van der Waals surface area contributed by atoms with Gasteiger partial charge < -0.3 is 9.26 Å². The van der Waals surface area contributed by atoms with Gasteiger partial charge in [0.1, 0.15) is 5.75 Å². The first kappa shape index (κ1) is 14.1. The first-order valence-electron chi connectivity index (χ1n) is 6.11. The monoisotopic (exact) mass is 364 g/mol. The van der Waals surface area contributed by atoms with Crippen LogP contribution in [-0.4, -0.2) is 17.3 Å². The van der Waals surface area contributed by atoms with Gasteiger partial charge in [-0.15, -0.1) is 0 Å². The molecule has 0 bridgehead atoms. The van der Waals surface area contributed by atoms with Crippen molar-refractivity contribution in [2.45, 2.75) is 0 Å². The highest BCUT2D eigenvalue weighted by atomic mass is 79.9. The molecule has 0 unspecified atom stereocenters. The summed E-state index contributed by atoms with van der Waals surface area (Å²) in [5, 5.41) is 4.59. The summed E-state index contributed by atoms with van der Waals surface area (Å²) in [4.78, 5) is 4.40. The van der Waals surface area contributed by atoms with Crippen molar-refractivity contribution in [3.63, 3.8) is 0 Å². The molecule has 0 N–H and O–H groups in total. The van der Waals surface area contributed by atoms with E-state index in [2.05, 4.69) is 26.1 Å². The van der Waals surface area contributed by atoms with E-state index in [1.807, 2.05) is 24.3 Å². The van der Waals surface area contributed by atoms with E-state index in [4.69, 9.17) is 20.9 Å². The van der Waals surface area contributed by atoms with E-state index in [9.17, 15) is 0 Å². The lowest BCUT2D eigenvalue weighted by molar-refractivity contribution is 0.413. The number of hydrogen-bond acceptors (Lipinski definition) is 4. The SMILES string of the molecule is COc1ccc(Cl)cc1-c1noc(-c2cccc(Br)c2)n1. The molecular weight excluding hydrogens is 356 g/mol. The van der Waals surface area contributed by atoms with Crippen LogP contribution in [0.25, 0.3) is 22.8 Å². The zero-order valence-electron chi connectivity index (χ0n) is 11.0. The highest BCUT2D eigenvalue weighted by Crippen LogP contribution is 2.32. The molecule has 0 atom stereocenters. The van der Waals surface area contributed by atoms with Crippen LogP contribution in [-0.2, 0) is 0 Å². The summed E-state index contributed by atoms with van der Waals surface area (Å²) in [6, 6.07) is 12.9. The van der Waals surface area contributed by atoms with Gasteiger partial charge in [-0.25, -0.2) is 0 Å². The number of halogens is 2. The predicted octanol–water partition coefficient (Wildman–Crippen LogP) is 4.83. The number of methoxy groups -OCH3 is 1. The van der Waals surface area contributed by atoms with Gasteiger partial charge >= 0.3 is 0 Å².